The second-order valence-electron chi connectivity index (χ2n) is 5.01. The Morgan fingerprint density at radius 2 is 1.83 bits per heavy atom. The van der Waals surface area contributed by atoms with E-state index in [-0.39, 0.29) is 6.04 Å². The van der Waals surface area contributed by atoms with Gasteiger partial charge in [0.25, 0.3) is 0 Å². The van der Waals surface area contributed by atoms with Crippen molar-refractivity contribution in [2.24, 2.45) is 11.7 Å². The van der Waals surface area contributed by atoms with Gasteiger partial charge in [-0.15, -0.1) is 0 Å². The summed E-state index contributed by atoms with van der Waals surface area (Å²) in [6.07, 6.45) is 6.39. The number of methoxy groups -OCH3 is 2. The lowest BCUT2D eigenvalue weighted by atomic mass is 9.81. The van der Waals surface area contributed by atoms with Gasteiger partial charge in [-0.3, -0.25) is 0 Å². The van der Waals surface area contributed by atoms with Gasteiger partial charge < -0.3 is 15.2 Å². The van der Waals surface area contributed by atoms with E-state index in [9.17, 15) is 0 Å². The zero-order valence-electron chi connectivity index (χ0n) is 11.3. The van der Waals surface area contributed by atoms with Crippen LogP contribution in [0.15, 0.2) is 18.2 Å². The van der Waals surface area contributed by atoms with Crippen LogP contribution in [0.2, 0.25) is 0 Å². The highest BCUT2D eigenvalue weighted by atomic mass is 16.5. The van der Waals surface area contributed by atoms with Crippen LogP contribution < -0.4 is 15.2 Å². The molecule has 2 rings (SSSR count). The van der Waals surface area contributed by atoms with E-state index in [1.54, 1.807) is 14.2 Å². The van der Waals surface area contributed by atoms with Gasteiger partial charge in [0.05, 0.1) is 14.2 Å². The second-order valence-corrected chi connectivity index (χ2v) is 5.01. The molecule has 18 heavy (non-hydrogen) atoms. The maximum atomic E-state index is 6.43. The van der Waals surface area contributed by atoms with Crippen molar-refractivity contribution in [3.05, 3.63) is 23.8 Å². The van der Waals surface area contributed by atoms with Crippen molar-refractivity contribution in [1.82, 2.24) is 0 Å². The van der Waals surface area contributed by atoms with E-state index in [0.29, 0.717) is 5.92 Å². The standard InChI is InChI=1S/C15H23NO2/c1-17-13-10-6-9-12(15(13)18-2)14(16)11-7-4-3-5-8-11/h6,9-11,14H,3-5,7-8,16H2,1-2H3/t14-/m0/s1. The second kappa shape index (κ2) is 6.10. The molecule has 1 atom stereocenters. The number of hydrogen-bond acceptors (Lipinski definition) is 3. The van der Waals surface area contributed by atoms with Gasteiger partial charge in [-0.1, -0.05) is 31.4 Å². The highest BCUT2D eigenvalue weighted by Crippen LogP contribution is 2.40. The van der Waals surface area contributed by atoms with Crippen molar-refractivity contribution in [3.63, 3.8) is 0 Å². The predicted octanol–water partition coefficient (Wildman–Crippen LogP) is 3.28. The fraction of sp³-hybridized carbons (Fsp3) is 0.600. The van der Waals surface area contributed by atoms with E-state index < -0.39 is 0 Å². The molecule has 3 nitrogen and oxygen atoms in total. The maximum Gasteiger partial charge on any atom is 0.165 e. The largest absolute Gasteiger partial charge is 0.493 e. The van der Waals surface area contributed by atoms with Crippen LogP contribution in [0.25, 0.3) is 0 Å². The average Bonchev–Trinajstić information content (AvgIpc) is 2.46. The Bertz CT molecular complexity index is 386. The van der Waals surface area contributed by atoms with Gasteiger partial charge in [0.15, 0.2) is 11.5 Å². The molecule has 0 radical (unpaired) electrons. The molecule has 0 aromatic heterocycles. The maximum absolute atomic E-state index is 6.43. The van der Waals surface area contributed by atoms with E-state index in [1.165, 1.54) is 32.1 Å². The molecular weight excluding hydrogens is 226 g/mol. The first kappa shape index (κ1) is 13.2. The van der Waals surface area contributed by atoms with Crippen molar-refractivity contribution in [2.45, 2.75) is 38.1 Å². The normalized spacial score (nSPS) is 18.4. The fourth-order valence-corrected chi connectivity index (χ4v) is 2.92. The number of benzene rings is 1. The molecule has 0 unspecified atom stereocenters. The molecule has 0 heterocycles. The van der Waals surface area contributed by atoms with Gasteiger partial charge >= 0.3 is 0 Å². The molecule has 0 aliphatic heterocycles. The van der Waals surface area contributed by atoms with Crippen LogP contribution in [0.1, 0.15) is 43.7 Å². The summed E-state index contributed by atoms with van der Waals surface area (Å²) in [5.74, 6) is 2.12. The van der Waals surface area contributed by atoms with Crippen molar-refractivity contribution in [3.8, 4) is 11.5 Å². The number of para-hydroxylation sites is 1. The zero-order chi connectivity index (χ0) is 13.0. The Hall–Kier alpha value is -1.22. The van der Waals surface area contributed by atoms with Crippen LogP contribution >= 0.6 is 0 Å². The van der Waals surface area contributed by atoms with Crippen LogP contribution in [-0.2, 0) is 0 Å². The Balaban J connectivity index is 2.25. The highest BCUT2D eigenvalue weighted by molar-refractivity contribution is 5.48. The van der Waals surface area contributed by atoms with E-state index in [4.69, 9.17) is 15.2 Å². The van der Waals surface area contributed by atoms with Crippen LogP contribution in [-0.4, -0.2) is 14.2 Å². The van der Waals surface area contributed by atoms with Gasteiger partial charge in [-0.2, -0.15) is 0 Å². The predicted molar refractivity (Wildman–Crippen MR) is 73.0 cm³/mol. The van der Waals surface area contributed by atoms with E-state index in [2.05, 4.69) is 6.07 Å². The summed E-state index contributed by atoms with van der Waals surface area (Å²) >= 11 is 0. The molecular formula is C15H23NO2. The molecule has 2 N–H and O–H groups in total. The molecule has 3 heteroatoms. The van der Waals surface area contributed by atoms with Crippen LogP contribution in [0, 0.1) is 5.92 Å². The molecule has 0 spiro atoms. The Morgan fingerprint density at radius 3 is 2.44 bits per heavy atom. The lowest BCUT2D eigenvalue weighted by molar-refractivity contribution is 0.296. The Morgan fingerprint density at radius 1 is 1.11 bits per heavy atom. The van der Waals surface area contributed by atoms with Crippen LogP contribution in [0.4, 0.5) is 0 Å². The van der Waals surface area contributed by atoms with E-state index in [0.717, 1.165) is 17.1 Å². The molecule has 1 aliphatic rings. The summed E-state index contributed by atoms with van der Waals surface area (Å²) in [5.41, 5.74) is 7.51. The van der Waals surface area contributed by atoms with E-state index >= 15 is 0 Å². The first-order chi connectivity index (χ1) is 8.77. The quantitative estimate of drug-likeness (QED) is 0.890. The van der Waals surface area contributed by atoms with Crippen LogP contribution in [0.5, 0.6) is 11.5 Å². The molecule has 0 amide bonds. The lowest BCUT2D eigenvalue weighted by Gasteiger charge is -2.29. The third-order valence-corrected chi connectivity index (χ3v) is 3.95. The fourth-order valence-electron chi connectivity index (χ4n) is 2.92. The van der Waals surface area contributed by atoms with Crippen molar-refractivity contribution >= 4 is 0 Å². The minimum atomic E-state index is 0.0512. The van der Waals surface area contributed by atoms with Gasteiger partial charge in [0.2, 0.25) is 0 Å². The molecule has 100 valence electrons. The summed E-state index contributed by atoms with van der Waals surface area (Å²) in [6.45, 7) is 0. The summed E-state index contributed by atoms with van der Waals surface area (Å²) in [7, 11) is 3.34. The summed E-state index contributed by atoms with van der Waals surface area (Å²) in [6, 6.07) is 6.01. The van der Waals surface area contributed by atoms with Crippen LogP contribution in [0.3, 0.4) is 0 Å². The number of rotatable bonds is 4. The molecule has 1 saturated carbocycles. The monoisotopic (exact) mass is 249 g/mol. The zero-order valence-corrected chi connectivity index (χ0v) is 11.3. The highest BCUT2D eigenvalue weighted by Gasteiger charge is 2.25. The molecule has 1 aromatic rings. The van der Waals surface area contributed by atoms with Gasteiger partial charge in [0, 0.05) is 11.6 Å². The minimum Gasteiger partial charge on any atom is -0.493 e. The summed E-state index contributed by atoms with van der Waals surface area (Å²) in [5, 5.41) is 0. The topological polar surface area (TPSA) is 44.5 Å². The first-order valence-corrected chi connectivity index (χ1v) is 6.74. The number of ether oxygens (including phenoxy) is 2. The molecule has 0 bridgehead atoms. The third kappa shape index (κ3) is 2.61. The Kier molecular flexibility index (Phi) is 4.48. The first-order valence-electron chi connectivity index (χ1n) is 6.74. The minimum absolute atomic E-state index is 0.0512. The summed E-state index contributed by atoms with van der Waals surface area (Å²) < 4.78 is 10.8. The van der Waals surface area contributed by atoms with Crippen molar-refractivity contribution < 1.29 is 9.47 Å². The number of hydrogen-bond donors (Lipinski definition) is 1. The molecule has 1 aromatic carbocycles. The number of nitrogens with two attached hydrogens (primary N) is 1. The SMILES string of the molecule is COc1cccc([C@@H](N)C2CCCCC2)c1OC. The van der Waals surface area contributed by atoms with Gasteiger partial charge in [-0.25, -0.2) is 0 Å². The smallest absolute Gasteiger partial charge is 0.165 e. The van der Waals surface area contributed by atoms with Gasteiger partial charge in [-0.05, 0) is 24.8 Å². The molecule has 0 saturated heterocycles. The van der Waals surface area contributed by atoms with Gasteiger partial charge in [0.1, 0.15) is 0 Å². The third-order valence-electron chi connectivity index (χ3n) is 3.95. The lowest BCUT2D eigenvalue weighted by Crippen LogP contribution is -2.24. The Labute approximate surface area is 109 Å². The average molecular weight is 249 g/mol. The summed E-state index contributed by atoms with van der Waals surface area (Å²) in [4.78, 5) is 0. The van der Waals surface area contributed by atoms with Crippen molar-refractivity contribution in [2.75, 3.05) is 14.2 Å². The molecule has 1 aliphatic carbocycles. The molecule has 1 fully saturated rings. The van der Waals surface area contributed by atoms with Crippen molar-refractivity contribution in [1.29, 1.82) is 0 Å². The van der Waals surface area contributed by atoms with E-state index in [1.807, 2.05) is 12.1 Å².